The van der Waals surface area contributed by atoms with Crippen molar-refractivity contribution >= 4 is 39.2 Å². The van der Waals surface area contributed by atoms with E-state index in [4.69, 9.17) is 0 Å². The number of hydrogen-bond donors (Lipinski definition) is 0. The molecule has 1 fully saturated rings. The first-order valence-electron chi connectivity index (χ1n) is 8.59. The van der Waals surface area contributed by atoms with Crippen LogP contribution < -0.4 is 5.56 Å². The molecule has 1 aliphatic rings. The molecular weight excluding hydrogens is 342 g/mol. The second-order valence-corrected chi connectivity index (χ2v) is 7.87. The van der Waals surface area contributed by atoms with Crippen molar-refractivity contribution in [3.05, 3.63) is 21.8 Å². The summed E-state index contributed by atoms with van der Waals surface area (Å²) in [6.07, 6.45) is 5.89. The number of carbonyl (C=O) groups is 1. The highest BCUT2D eigenvalue weighted by Gasteiger charge is 2.17. The summed E-state index contributed by atoms with van der Waals surface area (Å²) in [5, 5.41) is 2.53. The molecule has 0 unspecified atom stereocenters. The minimum Gasteiger partial charge on any atom is -0.342 e. The molecule has 0 N–H and O–H groups in total. The maximum atomic E-state index is 12.5. The topological polar surface area (TPSA) is 55.2 Å². The van der Waals surface area contributed by atoms with Gasteiger partial charge in [0.1, 0.15) is 4.70 Å². The first-order chi connectivity index (χ1) is 11.7. The van der Waals surface area contributed by atoms with E-state index >= 15 is 0 Å². The first-order valence-corrected chi connectivity index (χ1v) is 10.5. The van der Waals surface area contributed by atoms with E-state index in [-0.39, 0.29) is 11.5 Å². The summed E-state index contributed by atoms with van der Waals surface area (Å²) in [5.41, 5.74) is 0.731. The quantitative estimate of drug-likeness (QED) is 0.616. The van der Waals surface area contributed by atoms with Gasteiger partial charge in [-0.2, -0.15) is 0 Å². The van der Waals surface area contributed by atoms with Crippen molar-refractivity contribution in [3.8, 4) is 0 Å². The molecule has 0 radical (unpaired) electrons. The van der Waals surface area contributed by atoms with E-state index in [9.17, 15) is 9.59 Å². The molecule has 0 atom stereocenters. The predicted molar refractivity (Wildman–Crippen MR) is 99.9 cm³/mol. The van der Waals surface area contributed by atoms with Crippen LogP contribution in [0.3, 0.4) is 0 Å². The molecule has 1 amide bonds. The molecule has 0 saturated carbocycles. The third-order valence-corrected chi connectivity index (χ3v) is 6.23. The number of thiophene rings is 1. The van der Waals surface area contributed by atoms with Gasteiger partial charge in [-0.25, -0.2) is 4.98 Å². The molecular formula is C17H23N3O2S2. The highest BCUT2D eigenvalue weighted by atomic mass is 32.2. The Kier molecular flexibility index (Phi) is 5.94. The summed E-state index contributed by atoms with van der Waals surface area (Å²) in [4.78, 5) is 31.6. The summed E-state index contributed by atoms with van der Waals surface area (Å²) >= 11 is 2.81. The minimum atomic E-state index is -0.00120. The Morgan fingerprint density at radius 3 is 2.67 bits per heavy atom. The Labute approximate surface area is 150 Å². The SMILES string of the molecule is CCn1c(SCC(=O)N2CCCCCCC2)nc2ccsc2c1=O. The number of hydrogen-bond acceptors (Lipinski definition) is 5. The van der Waals surface area contributed by atoms with Crippen LogP contribution in [0.4, 0.5) is 0 Å². The average molecular weight is 366 g/mol. The van der Waals surface area contributed by atoms with E-state index in [1.54, 1.807) is 4.57 Å². The maximum absolute atomic E-state index is 12.5. The fourth-order valence-electron chi connectivity index (χ4n) is 3.03. The van der Waals surface area contributed by atoms with Crippen molar-refractivity contribution < 1.29 is 4.79 Å². The Morgan fingerprint density at radius 1 is 1.25 bits per heavy atom. The van der Waals surface area contributed by atoms with Crippen molar-refractivity contribution in [2.24, 2.45) is 0 Å². The van der Waals surface area contributed by atoms with Gasteiger partial charge in [-0.3, -0.25) is 14.2 Å². The Morgan fingerprint density at radius 2 is 1.96 bits per heavy atom. The smallest absolute Gasteiger partial charge is 0.272 e. The van der Waals surface area contributed by atoms with Gasteiger partial charge in [0.2, 0.25) is 5.91 Å². The van der Waals surface area contributed by atoms with Crippen LogP contribution in [-0.4, -0.2) is 39.2 Å². The van der Waals surface area contributed by atoms with Crippen LogP contribution in [0.1, 0.15) is 39.0 Å². The molecule has 3 heterocycles. The van der Waals surface area contributed by atoms with Crippen molar-refractivity contribution in [1.29, 1.82) is 0 Å². The Bertz CT molecular complexity index is 761. The number of aromatic nitrogens is 2. The largest absolute Gasteiger partial charge is 0.342 e. The van der Waals surface area contributed by atoms with Gasteiger partial charge in [-0.05, 0) is 31.2 Å². The fraction of sp³-hybridized carbons (Fsp3) is 0.588. The number of rotatable bonds is 4. The second kappa shape index (κ2) is 8.16. The van der Waals surface area contributed by atoms with Crippen LogP contribution in [0.25, 0.3) is 10.2 Å². The standard InChI is InChI=1S/C17H23N3O2S2/c1-2-20-16(22)15-13(8-11-23-15)18-17(20)24-12-14(21)19-9-6-4-3-5-7-10-19/h8,11H,2-7,9-10,12H2,1H3. The number of likely N-dealkylation sites (tertiary alicyclic amines) is 1. The van der Waals surface area contributed by atoms with Crippen molar-refractivity contribution in [3.63, 3.8) is 0 Å². The highest BCUT2D eigenvalue weighted by Crippen LogP contribution is 2.21. The number of fused-ring (bicyclic) bond motifs is 1. The van der Waals surface area contributed by atoms with Crippen LogP contribution in [0, 0.1) is 0 Å². The van der Waals surface area contributed by atoms with E-state index in [1.807, 2.05) is 23.3 Å². The summed E-state index contributed by atoms with van der Waals surface area (Å²) in [6, 6.07) is 1.87. The zero-order valence-electron chi connectivity index (χ0n) is 14.0. The van der Waals surface area contributed by atoms with E-state index < -0.39 is 0 Å². The molecule has 0 bridgehead atoms. The van der Waals surface area contributed by atoms with Gasteiger partial charge in [-0.1, -0.05) is 31.0 Å². The predicted octanol–water partition coefficient (Wildman–Crippen LogP) is 3.36. The van der Waals surface area contributed by atoms with Gasteiger partial charge in [0.05, 0.1) is 11.3 Å². The molecule has 2 aromatic rings. The molecule has 0 aliphatic carbocycles. The zero-order valence-corrected chi connectivity index (χ0v) is 15.6. The van der Waals surface area contributed by atoms with E-state index in [1.165, 1.54) is 42.4 Å². The van der Waals surface area contributed by atoms with Gasteiger partial charge >= 0.3 is 0 Å². The lowest BCUT2D eigenvalue weighted by atomic mass is 10.1. The lowest BCUT2D eigenvalue weighted by Gasteiger charge is -2.24. The summed E-state index contributed by atoms with van der Waals surface area (Å²) < 4.78 is 2.36. The van der Waals surface area contributed by atoms with Gasteiger partial charge in [0.15, 0.2) is 5.16 Å². The second-order valence-electron chi connectivity index (χ2n) is 6.02. The molecule has 5 nitrogen and oxygen atoms in total. The van der Waals surface area contributed by atoms with Gasteiger partial charge in [-0.15, -0.1) is 11.3 Å². The molecule has 1 aliphatic heterocycles. The number of carbonyl (C=O) groups excluding carboxylic acids is 1. The first kappa shape index (κ1) is 17.5. The normalized spacial score (nSPS) is 16.1. The highest BCUT2D eigenvalue weighted by molar-refractivity contribution is 7.99. The molecule has 1 saturated heterocycles. The average Bonchev–Trinajstić information content (AvgIpc) is 3.01. The third kappa shape index (κ3) is 3.83. The minimum absolute atomic E-state index is 0.00120. The van der Waals surface area contributed by atoms with Gasteiger partial charge in [0, 0.05) is 19.6 Å². The number of nitrogens with zero attached hydrogens (tertiary/aromatic N) is 3. The van der Waals surface area contributed by atoms with E-state index in [0.29, 0.717) is 22.2 Å². The maximum Gasteiger partial charge on any atom is 0.272 e. The summed E-state index contributed by atoms with van der Waals surface area (Å²) in [6.45, 7) is 4.22. The monoisotopic (exact) mass is 365 g/mol. The van der Waals surface area contributed by atoms with Crippen LogP contribution >= 0.6 is 23.1 Å². The summed E-state index contributed by atoms with van der Waals surface area (Å²) in [7, 11) is 0. The van der Waals surface area contributed by atoms with Crippen LogP contribution in [0.5, 0.6) is 0 Å². The lowest BCUT2D eigenvalue weighted by Crippen LogP contribution is -2.35. The van der Waals surface area contributed by atoms with Crippen molar-refractivity contribution in [2.45, 2.75) is 50.7 Å². The lowest BCUT2D eigenvalue weighted by molar-refractivity contribution is -0.128. The zero-order chi connectivity index (χ0) is 16.9. The molecule has 24 heavy (non-hydrogen) atoms. The Hall–Kier alpha value is -1.34. The molecule has 0 aromatic carbocycles. The van der Waals surface area contributed by atoms with E-state index in [0.717, 1.165) is 31.4 Å². The van der Waals surface area contributed by atoms with E-state index in [2.05, 4.69) is 4.98 Å². The summed E-state index contributed by atoms with van der Waals surface area (Å²) in [5.74, 6) is 0.506. The fourth-order valence-corrected chi connectivity index (χ4v) is 4.77. The van der Waals surface area contributed by atoms with Crippen LogP contribution in [0.15, 0.2) is 21.4 Å². The molecule has 2 aromatic heterocycles. The van der Waals surface area contributed by atoms with Crippen molar-refractivity contribution in [1.82, 2.24) is 14.5 Å². The molecule has 130 valence electrons. The molecule has 0 spiro atoms. The molecule has 3 rings (SSSR count). The van der Waals surface area contributed by atoms with Crippen LogP contribution in [-0.2, 0) is 11.3 Å². The van der Waals surface area contributed by atoms with Crippen molar-refractivity contribution in [2.75, 3.05) is 18.8 Å². The van der Waals surface area contributed by atoms with Gasteiger partial charge in [0.25, 0.3) is 5.56 Å². The van der Waals surface area contributed by atoms with Crippen LogP contribution in [0.2, 0.25) is 0 Å². The molecule has 7 heteroatoms. The Balaban J connectivity index is 1.72. The number of amides is 1. The number of thioether (sulfide) groups is 1. The third-order valence-electron chi connectivity index (χ3n) is 4.38. The van der Waals surface area contributed by atoms with Gasteiger partial charge < -0.3 is 4.90 Å².